The van der Waals surface area contributed by atoms with Crippen molar-refractivity contribution in [3.8, 4) is 11.5 Å². The Balaban J connectivity index is 2.25. The van der Waals surface area contributed by atoms with E-state index < -0.39 is 0 Å². The maximum Gasteiger partial charge on any atom is 0.146 e. The Morgan fingerprint density at radius 2 is 2.00 bits per heavy atom. The lowest BCUT2D eigenvalue weighted by Crippen LogP contribution is -2.22. The molecule has 3 nitrogen and oxygen atoms in total. The van der Waals surface area contributed by atoms with Crippen LogP contribution < -0.4 is 10.1 Å². The smallest absolute Gasteiger partial charge is 0.146 e. The third-order valence-corrected chi connectivity index (χ3v) is 3.15. The lowest BCUT2D eigenvalue weighted by atomic mass is 10.2. The minimum absolute atomic E-state index is 0.407. The molecule has 1 heterocycles. The zero-order valence-corrected chi connectivity index (χ0v) is 12.7. The molecular formula is C16H19ClN2O. The molecule has 0 amide bonds. The van der Waals surface area contributed by atoms with Crippen LogP contribution in [0.15, 0.2) is 36.5 Å². The molecule has 4 heteroatoms. The van der Waals surface area contributed by atoms with E-state index in [4.69, 9.17) is 16.3 Å². The minimum Gasteiger partial charge on any atom is -0.455 e. The van der Waals surface area contributed by atoms with Gasteiger partial charge in [0.15, 0.2) is 0 Å². The molecular weight excluding hydrogens is 272 g/mol. The maximum atomic E-state index is 6.14. The number of halogens is 1. The van der Waals surface area contributed by atoms with Gasteiger partial charge >= 0.3 is 0 Å². The number of aromatic nitrogens is 1. The highest BCUT2D eigenvalue weighted by Crippen LogP contribution is 2.31. The Hall–Kier alpha value is -1.58. The van der Waals surface area contributed by atoms with E-state index in [2.05, 4.69) is 24.1 Å². The summed E-state index contributed by atoms with van der Waals surface area (Å²) in [6.45, 7) is 6.87. The number of hydrogen-bond acceptors (Lipinski definition) is 3. The Bertz CT molecular complexity index is 584. The summed E-state index contributed by atoms with van der Waals surface area (Å²) in [4.78, 5) is 4.33. The van der Waals surface area contributed by atoms with Gasteiger partial charge in [-0.1, -0.05) is 37.6 Å². The van der Waals surface area contributed by atoms with Crippen molar-refractivity contribution in [2.24, 2.45) is 0 Å². The van der Waals surface area contributed by atoms with Gasteiger partial charge < -0.3 is 10.1 Å². The fourth-order valence-corrected chi connectivity index (χ4v) is 1.93. The number of benzene rings is 1. The Morgan fingerprint density at radius 3 is 2.70 bits per heavy atom. The molecule has 0 saturated carbocycles. The van der Waals surface area contributed by atoms with Gasteiger partial charge in [-0.3, -0.25) is 4.98 Å². The standard InChI is InChI=1S/C16H19ClN2O/c1-11(2)18-9-13-10-19-12(3)8-16(13)20-15-7-5-4-6-14(15)17/h4-8,10-11,18H,9H2,1-3H3. The zero-order valence-electron chi connectivity index (χ0n) is 12.0. The summed E-state index contributed by atoms with van der Waals surface area (Å²) in [5.74, 6) is 1.45. The molecule has 0 aliphatic carbocycles. The summed E-state index contributed by atoms with van der Waals surface area (Å²) in [5.41, 5.74) is 1.93. The van der Waals surface area contributed by atoms with Crippen LogP contribution in [0, 0.1) is 6.92 Å². The van der Waals surface area contributed by atoms with Gasteiger partial charge in [-0.05, 0) is 19.1 Å². The molecule has 106 valence electrons. The number of nitrogens with zero attached hydrogens (tertiary/aromatic N) is 1. The van der Waals surface area contributed by atoms with E-state index in [-0.39, 0.29) is 0 Å². The minimum atomic E-state index is 0.407. The monoisotopic (exact) mass is 290 g/mol. The van der Waals surface area contributed by atoms with Crippen molar-refractivity contribution in [2.75, 3.05) is 0 Å². The topological polar surface area (TPSA) is 34.1 Å². The van der Waals surface area contributed by atoms with Gasteiger partial charge in [-0.25, -0.2) is 0 Å². The molecule has 1 aromatic heterocycles. The Labute approximate surface area is 124 Å². The van der Waals surface area contributed by atoms with Crippen LogP contribution in [-0.2, 0) is 6.54 Å². The molecule has 0 aliphatic heterocycles. The summed E-state index contributed by atoms with van der Waals surface area (Å²) in [7, 11) is 0. The van der Waals surface area contributed by atoms with E-state index in [1.54, 1.807) is 0 Å². The average molecular weight is 291 g/mol. The van der Waals surface area contributed by atoms with Crippen LogP contribution in [0.25, 0.3) is 0 Å². The molecule has 1 aromatic carbocycles. The lowest BCUT2D eigenvalue weighted by molar-refractivity contribution is 0.468. The second kappa shape index (κ2) is 6.73. The van der Waals surface area contributed by atoms with E-state index in [1.165, 1.54) is 0 Å². The molecule has 20 heavy (non-hydrogen) atoms. The van der Waals surface area contributed by atoms with Crippen LogP contribution in [0.4, 0.5) is 0 Å². The second-order valence-electron chi connectivity index (χ2n) is 5.00. The summed E-state index contributed by atoms with van der Waals surface area (Å²) >= 11 is 6.14. The number of para-hydroxylation sites is 1. The molecule has 0 aliphatic rings. The summed E-state index contributed by atoms with van der Waals surface area (Å²) in [5, 5.41) is 3.97. The van der Waals surface area contributed by atoms with Crippen LogP contribution >= 0.6 is 11.6 Å². The molecule has 0 bridgehead atoms. The van der Waals surface area contributed by atoms with Gasteiger partial charge in [0.05, 0.1) is 5.02 Å². The second-order valence-corrected chi connectivity index (χ2v) is 5.41. The average Bonchev–Trinajstić information content (AvgIpc) is 2.40. The molecule has 0 saturated heterocycles. The fraction of sp³-hybridized carbons (Fsp3) is 0.312. The number of hydrogen-bond donors (Lipinski definition) is 1. The van der Waals surface area contributed by atoms with Gasteiger partial charge in [0, 0.05) is 36.1 Å². The van der Waals surface area contributed by atoms with Gasteiger partial charge in [-0.15, -0.1) is 0 Å². The van der Waals surface area contributed by atoms with E-state index in [0.29, 0.717) is 23.4 Å². The Morgan fingerprint density at radius 1 is 1.25 bits per heavy atom. The highest BCUT2D eigenvalue weighted by molar-refractivity contribution is 6.32. The molecule has 2 aromatic rings. The number of ether oxygens (including phenoxy) is 1. The summed E-state index contributed by atoms with van der Waals surface area (Å²) < 4.78 is 5.94. The lowest BCUT2D eigenvalue weighted by Gasteiger charge is -2.14. The first kappa shape index (κ1) is 14.8. The first-order valence-corrected chi connectivity index (χ1v) is 7.05. The Kier molecular flexibility index (Phi) is 4.99. The van der Waals surface area contributed by atoms with Crippen LogP contribution in [0.1, 0.15) is 25.1 Å². The first-order valence-electron chi connectivity index (χ1n) is 6.67. The maximum absolute atomic E-state index is 6.14. The number of nitrogens with one attached hydrogen (secondary N) is 1. The molecule has 0 fully saturated rings. The predicted octanol–water partition coefficient (Wildman–Crippen LogP) is 4.33. The third-order valence-electron chi connectivity index (χ3n) is 2.84. The van der Waals surface area contributed by atoms with Gasteiger partial charge in [0.2, 0.25) is 0 Å². The van der Waals surface area contributed by atoms with E-state index in [1.807, 2.05) is 43.5 Å². The van der Waals surface area contributed by atoms with Crippen molar-refractivity contribution in [3.05, 3.63) is 52.8 Å². The van der Waals surface area contributed by atoms with E-state index in [9.17, 15) is 0 Å². The van der Waals surface area contributed by atoms with Crippen molar-refractivity contribution in [1.82, 2.24) is 10.3 Å². The molecule has 0 spiro atoms. The number of aryl methyl sites for hydroxylation is 1. The third kappa shape index (κ3) is 3.95. The van der Waals surface area contributed by atoms with Crippen molar-refractivity contribution in [1.29, 1.82) is 0 Å². The van der Waals surface area contributed by atoms with Crippen molar-refractivity contribution in [3.63, 3.8) is 0 Å². The SMILES string of the molecule is Cc1cc(Oc2ccccc2Cl)c(CNC(C)C)cn1. The van der Waals surface area contributed by atoms with Crippen LogP contribution in [-0.4, -0.2) is 11.0 Å². The highest BCUT2D eigenvalue weighted by atomic mass is 35.5. The molecule has 0 unspecified atom stereocenters. The van der Waals surface area contributed by atoms with Gasteiger partial charge in [-0.2, -0.15) is 0 Å². The normalized spacial score (nSPS) is 10.8. The quantitative estimate of drug-likeness (QED) is 0.890. The van der Waals surface area contributed by atoms with Gasteiger partial charge in [0.25, 0.3) is 0 Å². The fourth-order valence-electron chi connectivity index (χ4n) is 1.75. The summed E-state index contributed by atoms with van der Waals surface area (Å²) in [6, 6.07) is 9.80. The van der Waals surface area contributed by atoms with Crippen molar-refractivity contribution >= 4 is 11.6 Å². The van der Waals surface area contributed by atoms with Crippen LogP contribution in [0.3, 0.4) is 0 Å². The zero-order chi connectivity index (χ0) is 14.5. The highest BCUT2D eigenvalue weighted by Gasteiger charge is 2.09. The van der Waals surface area contributed by atoms with Crippen molar-refractivity contribution < 1.29 is 4.74 Å². The summed E-state index contributed by atoms with van der Waals surface area (Å²) in [6.07, 6.45) is 1.84. The van der Waals surface area contributed by atoms with Crippen molar-refractivity contribution in [2.45, 2.75) is 33.4 Å². The number of rotatable bonds is 5. The van der Waals surface area contributed by atoms with E-state index in [0.717, 1.165) is 17.0 Å². The molecule has 1 N–H and O–H groups in total. The molecule has 2 rings (SSSR count). The predicted molar refractivity (Wildman–Crippen MR) is 82.5 cm³/mol. The number of pyridine rings is 1. The van der Waals surface area contributed by atoms with Crippen LogP contribution in [0.5, 0.6) is 11.5 Å². The molecule has 0 atom stereocenters. The first-order chi connectivity index (χ1) is 9.56. The largest absolute Gasteiger partial charge is 0.455 e. The van der Waals surface area contributed by atoms with Gasteiger partial charge in [0.1, 0.15) is 11.5 Å². The van der Waals surface area contributed by atoms with Crippen LogP contribution in [0.2, 0.25) is 5.02 Å². The van der Waals surface area contributed by atoms with E-state index >= 15 is 0 Å². The molecule has 0 radical (unpaired) electrons.